The van der Waals surface area contributed by atoms with E-state index < -0.39 is 0 Å². The van der Waals surface area contributed by atoms with E-state index in [0.29, 0.717) is 6.04 Å². The minimum Gasteiger partial charge on any atom is -0.361 e. The molecule has 0 amide bonds. The molecule has 0 unspecified atom stereocenters. The Morgan fingerprint density at radius 1 is 1.40 bits per heavy atom. The fourth-order valence-electron chi connectivity index (χ4n) is 2.44. The van der Waals surface area contributed by atoms with Crippen molar-refractivity contribution in [3.05, 3.63) is 17.0 Å². The smallest absolute Gasteiger partial charge is 0.138 e. The lowest BCUT2D eigenvalue weighted by Gasteiger charge is -2.16. The minimum atomic E-state index is 0.679. The molecule has 84 valence electrons. The van der Waals surface area contributed by atoms with E-state index in [1.54, 1.807) is 0 Å². The number of nitrogens with one attached hydrogen (secondary N) is 1. The summed E-state index contributed by atoms with van der Waals surface area (Å²) in [6.07, 6.45) is 4.03. The highest BCUT2D eigenvalue weighted by molar-refractivity contribution is 5.20. The van der Waals surface area contributed by atoms with Crippen LogP contribution in [0.5, 0.6) is 0 Å². The topological polar surface area (TPSA) is 38.1 Å². The van der Waals surface area contributed by atoms with Crippen LogP contribution < -0.4 is 5.32 Å². The van der Waals surface area contributed by atoms with Crippen LogP contribution in [-0.4, -0.2) is 11.2 Å². The van der Waals surface area contributed by atoms with E-state index in [1.807, 2.05) is 13.8 Å². The lowest BCUT2D eigenvalue weighted by atomic mass is 10.1. The standard InChI is InChI=1S/C12H20N2O/c1-8-5-4-6-12(8)13-7-11-9(2)14-15-10(11)3/h8,12-13H,4-7H2,1-3H3/t8-,12-/m1/s1. The second-order valence-electron chi connectivity index (χ2n) is 4.70. The Labute approximate surface area is 91.2 Å². The van der Waals surface area contributed by atoms with Crippen LogP contribution in [0, 0.1) is 19.8 Å². The zero-order valence-corrected chi connectivity index (χ0v) is 9.84. The van der Waals surface area contributed by atoms with E-state index >= 15 is 0 Å². The normalized spacial score (nSPS) is 26.1. The molecule has 15 heavy (non-hydrogen) atoms. The molecule has 0 saturated heterocycles. The maximum Gasteiger partial charge on any atom is 0.138 e. The minimum absolute atomic E-state index is 0.679. The molecule has 2 rings (SSSR count). The Balaban J connectivity index is 1.93. The quantitative estimate of drug-likeness (QED) is 0.829. The van der Waals surface area contributed by atoms with E-state index in [4.69, 9.17) is 4.52 Å². The summed E-state index contributed by atoms with van der Waals surface area (Å²) in [6.45, 7) is 7.22. The third-order valence-electron chi connectivity index (χ3n) is 3.58. The molecule has 3 heteroatoms. The van der Waals surface area contributed by atoms with Crippen LogP contribution in [0.25, 0.3) is 0 Å². The molecule has 1 aliphatic rings. The number of hydrogen-bond donors (Lipinski definition) is 1. The van der Waals surface area contributed by atoms with Gasteiger partial charge in [0.15, 0.2) is 0 Å². The zero-order chi connectivity index (χ0) is 10.8. The molecule has 1 aromatic heterocycles. The zero-order valence-electron chi connectivity index (χ0n) is 9.84. The Morgan fingerprint density at radius 3 is 2.73 bits per heavy atom. The van der Waals surface area contributed by atoms with Gasteiger partial charge in [-0.05, 0) is 32.6 Å². The Morgan fingerprint density at radius 2 is 2.20 bits per heavy atom. The first-order valence-electron chi connectivity index (χ1n) is 5.83. The van der Waals surface area contributed by atoms with Crippen LogP contribution in [0.2, 0.25) is 0 Å². The van der Waals surface area contributed by atoms with Crippen LogP contribution >= 0.6 is 0 Å². The van der Waals surface area contributed by atoms with Crippen molar-refractivity contribution in [3.63, 3.8) is 0 Å². The van der Waals surface area contributed by atoms with Crippen molar-refractivity contribution >= 4 is 0 Å². The average Bonchev–Trinajstić information content (AvgIpc) is 2.73. The summed E-state index contributed by atoms with van der Waals surface area (Å²) < 4.78 is 5.15. The molecule has 1 N–H and O–H groups in total. The average molecular weight is 208 g/mol. The van der Waals surface area contributed by atoms with E-state index in [-0.39, 0.29) is 0 Å². The first-order chi connectivity index (χ1) is 7.18. The number of hydrogen-bond acceptors (Lipinski definition) is 3. The summed E-state index contributed by atoms with van der Waals surface area (Å²) in [5.41, 5.74) is 2.25. The van der Waals surface area contributed by atoms with Gasteiger partial charge < -0.3 is 9.84 Å². The van der Waals surface area contributed by atoms with Crippen LogP contribution in [0.3, 0.4) is 0 Å². The van der Waals surface area contributed by atoms with Crippen LogP contribution in [0.4, 0.5) is 0 Å². The van der Waals surface area contributed by atoms with Gasteiger partial charge in [-0.25, -0.2) is 0 Å². The molecule has 0 bridgehead atoms. The Hall–Kier alpha value is -0.830. The SMILES string of the molecule is Cc1noc(C)c1CN[C@@H]1CCC[C@H]1C. The largest absolute Gasteiger partial charge is 0.361 e. The first kappa shape index (κ1) is 10.7. The molecular formula is C12H20N2O. The molecule has 1 fully saturated rings. The molecule has 3 nitrogen and oxygen atoms in total. The molecule has 0 radical (unpaired) electrons. The van der Waals surface area contributed by atoms with Crippen LogP contribution in [0.15, 0.2) is 4.52 Å². The van der Waals surface area contributed by atoms with Gasteiger partial charge >= 0.3 is 0 Å². The number of aryl methyl sites for hydroxylation is 2. The van der Waals surface area contributed by atoms with Gasteiger partial charge in [0.1, 0.15) is 5.76 Å². The predicted octanol–water partition coefficient (Wildman–Crippen LogP) is 2.57. The van der Waals surface area contributed by atoms with Gasteiger partial charge in [-0.3, -0.25) is 0 Å². The lowest BCUT2D eigenvalue weighted by molar-refractivity contribution is 0.389. The van der Waals surface area contributed by atoms with Crippen molar-refractivity contribution in [1.29, 1.82) is 0 Å². The van der Waals surface area contributed by atoms with Crippen molar-refractivity contribution in [3.8, 4) is 0 Å². The molecule has 0 spiro atoms. The third kappa shape index (κ3) is 2.23. The fourth-order valence-corrected chi connectivity index (χ4v) is 2.44. The van der Waals surface area contributed by atoms with Gasteiger partial charge in [-0.15, -0.1) is 0 Å². The summed E-state index contributed by atoms with van der Waals surface area (Å²) in [7, 11) is 0. The van der Waals surface area contributed by atoms with Gasteiger partial charge in [0.25, 0.3) is 0 Å². The van der Waals surface area contributed by atoms with Gasteiger partial charge in [-0.1, -0.05) is 18.5 Å². The Kier molecular flexibility index (Phi) is 3.10. The molecule has 1 aliphatic carbocycles. The highest BCUT2D eigenvalue weighted by Crippen LogP contribution is 2.25. The number of rotatable bonds is 3. The molecule has 0 aromatic carbocycles. The van der Waals surface area contributed by atoms with Crippen molar-refractivity contribution in [1.82, 2.24) is 10.5 Å². The van der Waals surface area contributed by atoms with Gasteiger partial charge in [0.2, 0.25) is 0 Å². The van der Waals surface area contributed by atoms with Gasteiger partial charge in [-0.2, -0.15) is 0 Å². The molecular weight excluding hydrogens is 188 g/mol. The predicted molar refractivity (Wildman–Crippen MR) is 59.6 cm³/mol. The van der Waals surface area contributed by atoms with E-state index in [2.05, 4.69) is 17.4 Å². The number of aromatic nitrogens is 1. The molecule has 1 saturated carbocycles. The summed E-state index contributed by atoms with van der Waals surface area (Å²) in [4.78, 5) is 0. The van der Waals surface area contributed by atoms with Crippen molar-refractivity contribution < 1.29 is 4.52 Å². The molecule has 1 heterocycles. The van der Waals surface area contributed by atoms with Gasteiger partial charge in [0.05, 0.1) is 5.69 Å². The highest BCUT2D eigenvalue weighted by Gasteiger charge is 2.23. The van der Waals surface area contributed by atoms with Gasteiger partial charge in [0, 0.05) is 18.2 Å². The second kappa shape index (κ2) is 4.35. The summed E-state index contributed by atoms with van der Waals surface area (Å²) >= 11 is 0. The molecule has 1 aromatic rings. The maximum absolute atomic E-state index is 5.15. The number of nitrogens with zero attached hydrogens (tertiary/aromatic N) is 1. The maximum atomic E-state index is 5.15. The Bertz CT molecular complexity index is 313. The van der Waals surface area contributed by atoms with E-state index in [0.717, 1.165) is 23.9 Å². The van der Waals surface area contributed by atoms with E-state index in [1.165, 1.54) is 24.8 Å². The fraction of sp³-hybridized carbons (Fsp3) is 0.750. The lowest BCUT2D eigenvalue weighted by Crippen LogP contribution is -2.30. The van der Waals surface area contributed by atoms with Crippen molar-refractivity contribution in [2.75, 3.05) is 0 Å². The highest BCUT2D eigenvalue weighted by atomic mass is 16.5. The van der Waals surface area contributed by atoms with E-state index in [9.17, 15) is 0 Å². The summed E-state index contributed by atoms with van der Waals surface area (Å²) in [6, 6.07) is 0.679. The van der Waals surface area contributed by atoms with Crippen molar-refractivity contribution in [2.24, 2.45) is 5.92 Å². The van der Waals surface area contributed by atoms with Crippen molar-refractivity contribution in [2.45, 2.75) is 52.6 Å². The van der Waals surface area contributed by atoms with Crippen LogP contribution in [0.1, 0.15) is 43.2 Å². The molecule has 2 atom stereocenters. The first-order valence-corrected chi connectivity index (χ1v) is 5.83. The monoisotopic (exact) mass is 208 g/mol. The summed E-state index contributed by atoms with van der Waals surface area (Å²) in [5, 5.41) is 7.58. The summed E-state index contributed by atoms with van der Waals surface area (Å²) in [5.74, 6) is 1.76. The van der Waals surface area contributed by atoms with Crippen LogP contribution in [-0.2, 0) is 6.54 Å². The molecule has 0 aliphatic heterocycles. The third-order valence-corrected chi connectivity index (χ3v) is 3.58. The second-order valence-corrected chi connectivity index (χ2v) is 4.70.